The molecule has 74 valence electrons. The van der Waals surface area contributed by atoms with Crippen molar-refractivity contribution in [3.63, 3.8) is 0 Å². The van der Waals surface area contributed by atoms with Crippen LogP contribution in [0.2, 0.25) is 0 Å². The second-order valence-corrected chi connectivity index (χ2v) is 4.11. The fraction of sp³-hybridized carbons (Fsp3) is 0.333. The normalized spacial score (nSPS) is 15.8. The van der Waals surface area contributed by atoms with E-state index >= 15 is 0 Å². The molecular formula is C9H10BrN3O. The summed E-state index contributed by atoms with van der Waals surface area (Å²) < 4.78 is 0.799. The predicted molar refractivity (Wildman–Crippen MR) is 57.2 cm³/mol. The van der Waals surface area contributed by atoms with E-state index in [-0.39, 0.29) is 6.03 Å². The van der Waals surface area contributed by atoms with E-state index in [0.29, 0.717) is 6.54 Å². The molecule has 0 fully saturated rings. The van der Waals surface area contributed by atoms with Gasteiger partial charge in [-0.05, 0) is 28.1 Å². The summed E-state index contributed by atoms with van der Waals surface area (Å²) in [6.07, 6.45) is 0. The Hall–Kier alpha value is -1.10. The lowest BCUT2D eigenvalue weighted by atomic mass is 10.2. The minimum atomic E-state index is 0.00150. The average molecular weight is 256 g/mol. The first-order valence-corrected chi connectivity index (χ1v) is 5.03. The van der Waals surface area contributed by atoms with Crippen LogP contribution in [0.1, 0.15) is 5.69 Å². The summed E-state index contributed by atoms with van der Waals surface area (Å²) in [6.45, 7) is 0.567. The predicted octanol–water partition coefficient (Wildman–Crippen LogP) is 1.85. The fourth-order valence-electron chi connectivity index (χ4n) is 1.54. The highest BCUT2D eigenvalue weighted by Gasteiger charge is 2.25. The zero-order valence-corrected chi connectivity index (χ0v) is 9.58. The van der Waals surface area contributed by atoms with Gasteiger partial charge in [0.15, 0.2) is 0 Å². The number of halogens is 1. The third kappa shape index (κ3) is 1.37. The number of hydrogen-bond donors (Lipinski definition) is 0. The smallest absolute Gasteiger partial charge is 0.321 e. The number of carbonyl (C=O) groups is 1. The molecule has 5 heteroatoms. The van der Waals surface area contributed by atoms with Crippen LogP contribution in [0.4, 0.5) is 10.5 Å². The zero-order valence-electron chi connectivity index (χ0n) is 7.99. The summed E-state index contributed by atoms with van der Waals surface area (Å²) in [7, 11) is 3.52. The van der Waals surface area contributed by atoms with Crippen LogP contribution in [0.5, 0.6) is 0 Å². The number of amides is 2. The first-order chi connectivity index (χ1) is 6.59. The number of fused-ring (bicyclic) bond motifs is 1. The molecule has 0 radical (unpaired) electrons. The highest BCUT2D eigenvalue weighted by Crippen LogP contribution is 2.26. The molecule has 0 bridgehead atoms. The van der Waals surface area contributed by atoms with Gasteiger partial charge in [0.2, 0.25) is 0 Å². The van der Waals surface area contributed by atoms with Gasteiger partial charge < -0.3 is 4.90 Å². The van der Waals surface area contributed by atoms with Crippen molar-refractivity contribution in [1.82, 2.24) is 9.88 Å². The van der Waals surface area contributed by atoms with Crippen molar-refractivity contribution in [2.24, 2.45) is 0 Å². The molecule has 1 aromatic heterocycles. The average Bonchev–Trinajstić information content (AvgIpc) is 2.14. The maximum atomic E-state index is 11.6. The molecule has 2 heterocycles. The van der Waals surface area contributed by atoms with Crippen LogP contribution in [0, 0.1) is 0 Å². The minimum absolute atomic E-state index is 0.00150. The maximum absolute atomic E-state index is 11.6. The van der Waals surface area contributed by atoms with Gasteiger partial charge in [0, 0.05) is 14.1 Å². The van der Waals surface area contributed by atoms with Crippen LogP contribution in [-0.2, 0) is 6.54 Å². The van der Waals surface area contributed by atoms with Gasteiger partial charge >= 0.3 is 6.03 Å². The number of aromatic nitrogens is 1. The van der Waals surface area contributed by atoms with Gasteiger partial charge in [-0.15, -0.1) is 0 Å². The zero-order chi connectivity index (χ0) is 10.3. The quantitative estimate of drug-likeness (QED) is 0.664. The Labute approximate surface area is 90.7 Å². The standard InChI is InChI=1S/C9H10BrN3O/c1-12-5-6-7(13(2)9(12)14)3-4-8(10)11-6/h3-4H,5H2,1-2H3. The molecule has 0 saturated carbocycles. The number of hydrogen-bond acceptors (Lipinski definition) is 2. The van der Waals surface area contributed by atoms with E-state index < -0.39 is 0 Å². The summed E-state index contributed by atoms with van der Waals surface area (Å²) in [5.74, 6) is 0. The van der Waals surface area contributed by atoms with Crippen molar-refractivity contribution in [3.8, 4) is 0 Å². The van der Waals surface area contributed by atoms with Crippen LogP contribution in [-0.4, -0.2) is 30.0 Å². The Bertz CT molecular complexity index is 394. The number of nitrogens with zero attached hydrogens (tertiary/aromatic N) is 3. The van der Waals surface area contributed by atoms with Gasteiger partial charge in [0.1, 0.15) is 4.60 Å². The maximum Gasteiger partial charge on any atom is 0.324 e. The first kappa shape index (κ1) is 9.45. The number of urea groups is 1. The number of rotatable bonds is 0. The van der Waals surface area contributed by atoms with Gasteiger partial charge in [-0.1, -0.05) is 0 Å². The number of pyridine rings is 1. The van der Waals surface area contributed by atoms with Gasteiger partial charge in [-0.2, -0.15) is 0 Å². The lowest BCUT2D eigenvalue weighted by Gasteiger charge is -2.31. The fourth-order valence-corrected chi connectivity index (χ4v) is 1.89. The Balaban J connectivity index is 2.50. The van der Waals surface area contributed by atoms with Crippen LogP contribution in [0.25, 0.3) is 0 Å². The molecule has 0 unspecified atom stereocenters. The van der Waals surface area contributed by atoms with Crippen LogP contribution >= 0.6 is 15.9 Å². The van der Waals surface area contributed by atoms with Gasteiger partial charge in [0.25, 0.3) is 0 Å². The number of carbonyl (C=O) groups excluding carboxylic acids is 1. The molecular weight excluding hydrogens is 246 g/mol. The largest absolute Gasteiger partial charge is 0.324 e. The Morgan fingerprint density at radius 2 is 2.14 bits per heavy atom. The van der Waals surface area contributed by atoms with Crippen molar-refractivity contribution in [2.75, 3.05) is 19.0 Å². The molecule has 1 aromatic rings. The number of anilines is 1. The third-order valence-corrected chi connectivity index (χ3v) is 2.72. The lowest BCUT2D eigenvalue weighted by Crippen LogP contribution is -2.43. The van der Waals surface area contributed by atoms with E-state index in [1.807, 2.05) is 12.1 Å². The molecule has 2 rings (SSSR count). The molecule has 0 saturated heterocycles. The SMILES string of the molecule is CN1Cc2nc(Br)ccc2N(C)C1=O. The van der Waals surface area contributed by atoms with E-state index in [1.165, 1.54) is 0 Å². The van der Waals surface area contributed by atoms with E-state index in [4.69, 9.17) is 0 Å². The minimum Gasteiger partial charge on any atom is -0.321 e. The summed E-state index contributed by atoms with van der Waals surface area (Å²) in [4.78, 5) is 19.2. The molecule has 0 aromatic carbocycles. The topological polar surface area (TPSA) is 36.4 Å². The van der Waals surface area contributed by atoms with Crippen molar-refractivity contribution >= 4 is 27.6 Å². The van der Waals surface area contributed by atoms with Crippen molar-refractivity contribution in [1.29, 1.82) is 0 Å². The molecule has 0 N–H and O–H groups in total. The molecule has 1 aliphatic heterocycles. The van der Waals surface area contributed by atoms with Gasteiger partial charge in [-0.25, -0.2) is 9.78 Å². The molecule has 0 aliphatic carbocycles. The summed E-state index contributed by atoms with van der Waals surface area (Å²) in [5.41, 5.74) is 1.81. The molecule has 14 heavy (non-hydrogen) atoms. The molecule has 4 nitrogen and oxygen atoms in total. The molecule has 1 aliphatic rings. The van der Waals surface area contributed by atoms with Crippen LogP contribution < -0.4 is 4.90 Å². The Kier molecular flexibility index (Phi) is 2.19. The van der Waals surface area contributed by atoms with E-state index in [0.717, 1.165) is 16.0 Å². The van der Waals surface area contributed by atoms with Gasteiger partial charge in [-0.3, -0.25) is 4.90 Å². The molecule has 0 spiro atoms. The summed E-state index contributed by atoms with van der Waals surface area (Å²) >= 11 is 3.31. The van der Waals surface area contributed by atoms with E-state index in [2.05, 4.69) is 20.9 Å². The molecule has 0 atom stereocenters. The third-order valence-electron chi connectivity index (χ3n) is 2.28. The summed E-state index contributed by atoms with van der Waals surface area (Å²) in [5, 5.41) is 0. The summed E-state index contributed by atoms with van der Waals surface area (Å²) in [6, 6.07) is 3.74. The van der Waals surface area contributed by atoms with Crippen molar-refractivity contribution in [2.45, 2.75) is 6.54 Å². The highest BCUT2D eigenvalue weighted by atomic mass is 79.9. The second-order valence-electron chi connectivity index (χ2n) is 3.30. The molecule has 2 amide bonds. The monoisotopic (exact) mass is 255 g/mol. The highest BCUT2D eigenvalue weighted by molar-refractivity contribution is 9.10. The Morgan fingerprint density at radius 3 is 2.86 bits per heavy atom. The Morgan fingerprint density at radius 1 is 1.43 bits per heavy atom. The van der Waals surface area contributed by atoms with Crippen molar-refractivity contribution < 1.29 is 4.79 Å². The van der Waals surface area contributed by atoms with Crippen LogP contribution in [0.15, 0.2) is 16.7 Å². The van der Waals surface area contributed by atoms with E-state index in [1.54, 1.807) is 23.9 Å². The van der Waals surface area contributed by atoms with Crippen LogP contribution in [0.3, 0.4) is 0 Å². The van der Waals surface area contributed by atoms with Gasteiger partial charge in [0.05, 0.1) is 17.9 Å². The van der Waals surface area contributed by atoms with E-state index in [9.17, 15) is 4.79 Å². The first-order valence-electron chi connectivity index (χ1n) is 4.24. The second kappa shape index (κ2) is 3.24. The van der Waals surface area contributed by atoms with Crippen molar-refractivity contribution in [3.05, 3.63) is 22.4 Å². The lowest BCUT2D eigenvalue weighted by molar-refractivity contribution is 0.211.